The molecule has 1 aliphatic heterocycles. The van der Waals surface area contributed by atoms with Crippen molar-refractivity contribution in [2.75, 3.05) is 0 Å². The van der Waals surface area contributed by atoms with Crippen LogP contribution in [0.15, 0.2) is 12.1 Å². The fraction of sp³-hybridized carbons (Fsp3) is 0.765. The van der Waals surface area contributed by atoms with Crippen LogP contribution in [0.2, 0.25) is 0 Å². The van der Waals surface area contributed by atoms with Gasteiger partial charge < -0.3 is 9.84 Å². The third-order valence-corrected chi connectivity index (χ3v) is 5.76. The molecule has 2 rings (SSSR count). The molecule has 1 N–H and O–H groups in total. The molecule has 0 amide bonds. The van der Waals surface area contributed by atoms with Crippen LogP contribution in [-0.2, 0) is 10.2 Å². The summed E-state index contributed by atoms with van der Waals surface area (Å²) in [7, 11) is 0. The Hall–Kier alpha value is -0.380. The molecule has 20 heavy (non-hydrogen) atoms. The van der Waals surface area contributed by atoms with Crippen LogP contribution >= 0.6 is 11.3 Å². The van der Waals surface area contributed by atoms with Crippen molar-refractivity contribution in [3.63, 3.8) is 0 Å². The highest BCUT2D eigenvalue weighted by molar-refractivity contribution is 7.12. The molecule has 2 unspecified atom stereocenters. The lowest BCUT2D eigenvalue weighted by Crippen LogP contribution is -2.32. The monoisotopic (exact) mass is 296 g/mol. The van der Waals surface area contributed by atoms with Crippen molar-refractivity contribution in [2.24, 2.45) is 5.92 Å². The van der Waals surface area contributed by atoms with E-state index in [4.69, 9.17) is 4.74 Å². The summed E-state index contributed by atoms with van der Waals surface area (Å²) in [4.78, 5) is 2.39. The van der Waals surface area contributed by atoms with E-state index in [1.54, 1.807) is 11.3 Å². The Kier molecular flexibility index (Phi) is 3.86. The van der Waals surface area contributed by atoms with Crippen LogP contribution in [0.25, 0.3) is 0 Å². The number of aliphatic hydroxyl groups is 1. The molecule has 0 aromatic carbocycles. The largest absolute Gasteiger partial charge is 0.387 e. The molecular weight excluding hydrogens is 268 g/mol. The van der Waals surface area contributed by atoms with Gasteiger partial charge >= 0.3 is 0 Å². The van der Waals surface area contributed by atoms with Gasteiger partial charge in [-0.15, -0.1) is 11.3 Å². The second-order valence-electron chi connectivity index (χ2n) is 8.17. The van der Waals surface area contributed by atoms with E-state index in [1.807, 2.05) is 0 Å². The van der Waals surface area contributed by atoms with Crippen molar-refractivity contribution >= 4 is 11.3 Å². The molecule has 2 atom stereocenters. The molecule has 0 radical (unpaired) electrons. The van der Waals surface area contributed by atoms with Crippen LogP contribution in [0.4, 0.5) is 0 Å². The molecule has 1 aromatic heterocycles. The second kappa shape index (κ2) is 4.82. The van der Waals surface area contributed by atoms with Gasteiger partial charge in [0.15, 0.2) is 0 Å². The Morgan fingerprint density at radius 1 is 1.25 bits per heavy atom. The van der Waals surface area contributed by atoms with Crippen LogP contribution < -0.4 is 0 Å². The van der Waals surface area contributed by atoms with Gasteiger partial charge in [0.25, 0.3) is 0 Å². The first-order valence-electron chi connectivity index (χ1n) is 7.41. The SMILES string of the molecule is CC1(C)CC(C(O)c2ccc(C(C)(C)C)s2)C(C)(C)O1. The van der Waals surface area contributed by atoms with Gasteiger partial charge in [0.1, 0.15) is 0 Å². The molecule has 0 aliphatic carbocycles. The van der Waals surface area contributed by atoms with Crippen LogP contribution in [0.3, 0.4) is 0 Å². The quantitative estimate of drug-likeness (QED) is 0.859. The van der Waals surface area contributed by atoms with Crippen LogP contribution in [0.1, 0.15) is 70.7 Å². The minimum atomic E-state index is -0.437. The maximum atomic E-state index is 10.8. The smallest absolute Gasteiger partial charge is 0.0938 e. The Labute approximate surface area is 127 Å². The van der Waals surface area contributed by atoms with Gasteiger partial charge in [-0.25, -0.2) is 0 Å². The number of hydrogen-bond acceptors (Lipinski definition) is 3. The summed E-state index contributed by atoms with van der Waals surface area (Å²) < 4.78 is 6.11. The summed E-state index contributed by atoms with van der Waals surface area (Å²) >= 11 is 1.73. The van der Waals surface area contributed by atoms with Crippen molar-refractivity contribution in [1.82, 2.24) is 0 Å². The van der Waals surface area contributed by atoms with Crippen molar-refractivity contribution < 1.29 is 9.84 Å². The van der Waals surface area contributed by atoms with Gasteiger partial charge in [0.05, 0.1) is 17.3 Å². The minimum absolute atomic E-state index is 0.142. The molecule has 2 nitrogen and oxygen atoms in total. The molecule has 2 heterocycles. The lowest BCUT2D eigenvalue weighted by molar-refractivity contribution is -0.0877. The molecule has 0 saturated carbocycles. The molecule has 1 saturated heterocycles. The van der Waals surface area contributed by atoms with E-state index in [0.717, 1.165) is 11.3 Å². The highest BCUT2D eigenvalue weighted by Crippen LogP contribution is 2.49. The van der Waals surface area contributed by atoms with E-state index in [2.05, 4.69) is 60.6 Å². The Bertz CT molecular complexity index is 479. The number of hydrogen-bond donors (Lipinski definition) is 1. The Morgan fingerprint density at radius 2 is 1.85 bits per heavy atom. The van der Waals surface area contributed by atoms with E-state index in [-0.39, 0.29) is 22.5 Å². The third-order valence-electron chi connectivity index (χ3n) is 4.18. The van der Waals surface area contributed by atoms with Gasteiger partial charge in [-0.1, -0.05) is 20.8 Å². The van der Waals surface area contributed by atoms with Gasteiger partial charge in [0, 0.05) is 15.7 Å². The lowest BCUT2D eigenvalue weighted by atomic mass is 9.82. The summed E-state index contributed by atoms with van der Waals surface area (Å²) in [6, 6.07) is 4.23. The normalized spacial score (nSPS) is 26.7. The zero-order valence-electron chi connectivity index (χ0n) is 13.8. The summed E-state index contributed by atoms with van der Waals surface area (Å²) in [6.45, 7) is 15.0. The van der Waals surface area contributed by atoms with E-state index in [1.165, 1.54) is 4.88 Å². The first kappa shape index (κ1) is 16.0. The van der Waals surface area contributed by atoms with E-state index >= 15 is 0 Å². The summed E-state index contributed by atoms with van der Waals surface area (Å²) in [6.07, 6.45) is 0.456. The van der Waals surface area contributed by atoms with Crippen molar-refractivity contribution in [2.45, 2.75) is 77.6 Å². The molecule has 1 aromatic rings. The highest BCUT2D eigenvalue weighted by atomic mass is 32.1. The standard InChI is InChI=1S/C17H28O2S/c1-15(2,3)13-9-8-12(20-13)14(18)11-10-16(4,5)19-17(11,6)7/h8-9,11,14,18H,10H2,1-7H3. The van der Waals surface area contributed by atoms with Crippen molar-refractivity contribution in [3.8, 4) is 0 Å². The fourth-order valence-electron chi connectivity index (χ4n) is 3.21. The van der Waals surface area contributed by atoms with E-state index in [9.17, 15) is 5.11 Å². The molecule has 114 valence electrons. The minimum Gasteiger partial charge on any atom is -0.387 e. The van der Waals surface area contributed by atoms with Crippen molar-refractivity contribution in [1.29, 1.82) is 0 Å². The zero-order valence-corrected chi connectivity index (χ0v) is 14.6. The first-order valence-corrected chi connectivity index (χ1v) is 8.22. The maximum absolute atomic E-state index is 10.8. The summed E-state index contributed by atoms with van der Waals surface area (Å²) in [5.41, 5.74) is -0.294. The average molecular weight is 296 g/mol. The van der Waals surface area contributed by atoms with Gasteiger partial charge in [-0.05, 0) is 51.7 Å². The Morgan fingerprint density at radius 3 is 2.25 bits per heavy atom. The molecule has 1 aliphatic rings. The predicted octanol–water partition coefficient (Wildman–Crippen LogP) is 4.67. The van der Waals surface area contributed by atoms with Crippen molar-refractivity contribution in [3.05, 3.63) is 21.9 Å². The fourth-order valence-corrected chi connectivity index (χ4v) is 4.33. The van der Waals surface area contributed by atoms with Crippen LogP contribution in [0.5, 0.6) is 0 Å². The maximum Gasteiger partial charge on any atom is 0.0938 e. The molecule has 0 bridgehead atoms. The second-order valence-corrected chi connectivity index (χ2v) is 9.29. The highest BCUT2D eigenvalue weighted by Gasteiger charge is 2.49. The van der Waals surface area contributed by atoms with Gasteiger partial charge in [0.2, 0.25) is 0 Å². The number of aliphatic hydroxyl groups excluding tert-OH is 1. The first-order chi connectivity index (χ1) is 8.92. The Balaban J connectivity index is 2.24. The third kappa shape index (κ3) is 3.10. The van der Waals surface area contributed by atoms with Crippen LogP contribution in [-0.4, -0.2) is 16.3 Å². The average Bonchev–Trinajstić information content (AvgIpc) is 2.78. The summed E-state index contributed by atoms with van der Waals surface area (Å²) in [5, 5.41) is 10.8. The van der Waals surface area contributed by atoms with Gasteiger partial charge in [-0.3, -0.25) is 0 Å². The van der Waals surface area contributed by atoms with E-state index < -0.39 is 6.10 Å². The summed E-state index contributed by atoms with van der Waals surface area (Å²) in [5.74, 6) is 0.143. The van der Waals surface area contributed by atoms with Crippen LogP contribution in [0, 0.1) is 5.92 Å². The molecule has 1 fully saturated rings. The number of rotatable bonds is 2. The molecule has 0 spiro atoms. The number of thiophene rings is 1. The molecule has 3 heteroatoms. The lowest BCUT2D eigenvalue weighted by Gasteiger charge is -2.30. The molecular formula is C17H28O2S. The van der Waals surface area contributed by atoms with E-state index in [0.29, 0.717) is 0 Å². The predicted molar refractivity (Wildman–Crippen MR) is 85.3 cm³/mol. The topological polar surface area (TPSA) is 29.5 Å². The zero-order chi connectivity index (χ0) is 15.3. The number of ether oxygens (including phenoxy) is 1. The van der Waals surface area contributed by atoms with Gasteiger partial charge in [-0.2, -0.15) is 0 Å².